The SMILES string of the molecule is COC1CNC(C(=O)NCCCN(C)c2ccccc2)C1. The summed E-state index contributed by atoms with van der Waals surface area (Å²) in [5, 5.41) is 6.18. The van der Waals surface area contributed by atoms with Crippen molar-refractivity contribution in [1.82, 2.24) is 10.6 Å². The van der Waals surface area contributed by atoms with Gasteiger partial charge in [-0.3, -0.25) is 4.79 Å². The molecule has 1 amide bonds. The Bertz CT molecular complexity index is 438. The molecular weight excluding hydrogens is 266 g/mol. The van der Waals surface area contributed by atoms with Gasteiger partial charge >= 0.3 is 0 Å². The number of rotatable bonds is 7. The van der Waals surface area contributed by atoms with Crippen molar-refractivity contribution in [2.75, 3.05) is 38.7 Å². The molecule has 1 aromatic rings. The van der Waals surface area contributed by atoms with E-state index in [1.807, 2.05) is 18.2 Å². The van der Waals surface area contributed by atoms with Crippen LogP contribution in [0.3, 0.4) is 0 Å². The van der Waals surface area contributed by atoms with Crippen LogP contribution in [0.5, 0.6) is 0 Å². The van der Waals surface area contributed by atoms with Crippen molar-refractivity contribution in [2.45, 2.75) is 25.0 Å². The third-order valence-corrected chi connectivity index (χ3v) is 3.91. The van der Waals surface area contributed by atoms with E-state index in [1.54, 1.807) is 7.11 Å². The largest absolute Gasteiger partial charge is 0.380 e. The van der Waals surface area contributed by atoms with E-state index in [0.29, 0.717) is 6.54 Å². The van der Waals surface area contributed by atoms with Crippen LogP contribution < -0.4 is 15.5 Å². The van der Waals surface area contributed by atoms with E-state index in [1.165, 1.54) is 5.69 Å². The lowest BCUT2D eigenvalue weighted by Crippen LogP contribution is -2.41. The number of benzene rings is 1. The molecule has 1 aliphatic rings. The molecule has 5 heteroatoms. The fourth-order valence-corrected chi connectivity index (χ4v) is 2.55. The quantitative estimate of drug-likeness (QED) is 0.736. The van der Waals surface area contributed by atoms with E-state index < -0.39 is 0 Å². The minimum atomic E-state index is -0.109. The second kappa shape index (κ2) is 8.00. The lowest BCUT2D eigenvalue weighted by Gasteiger charge is -2.19. The van der Waals surface area contributed by atoms with Crippen LogP contribution in [-0.2, 0) is 9.53 Å². The van der Waals surface area contributed by atoms with Gasteiger partial charge in [-0.1, -0.05) is 18.2 Å². The maximum Gasteiger partial charge on any atom is 0.237 e. The van der Waals surface area contributed by atoms with Crippen LogP contribution in [0.25, 0.3) is 0 Å². The van der Waals surface area contributed by atoms with Gasteiger partial charge in [-0.2, -0.15) is 0 Å². The predicted octanol–water partition coefficient (Wildman–Crippen LogP) is 1.01. The molecule has 1 heterocycles. The van der Waals surface area contributed by atoms with Crippen molar-refractivity contribution < 1.29 is 9.53 Å². The van der Waals surface area contributed by atoms with Crippen LogP contribution in [0, 0.1) is 0 Å². The normalized spacial score (nSPS) is 21.2. The number of ether oxygens (including phenoxy) is 1. The Morgan fingerprint density at radius 2 is 2.19 bits per heavy atom. The number of hydrogen-bond donors (Lipinski definition) is 2. The van der Waals surface area contributed by atoms with Crippen molar-refractivity contribution in [1.29, 1.82) is 0 Å². The van der Waals surface area contributed by atoms with E-state index in [-0.39, 0.29) is 18.1 Å². The molecule has 0 aromatic heterocycles. The molecule has 2 N–H and O–H groups in total. The summed E-state index contributed by atoms with van der Waals surface area (Å²) >= 11 is 0. The number of amides is 1. The maximum absolute atomic E-state index is 12.0. The number of anilines is 1. The van der Waals surface area contributed by atoms with E-state index in [2.05, 4.69) is 34.7 Å². The summed E-state index contributed by atoms with van der Waals surface area (Å²) in [5.41, 5.74) is 1.20. The molecule has 1 aromatic carbocycles. The first-order chi connectivity index (χ1) is 10.2. The number of hydrogen-bond acceptors (Lipinski definition) is 4. The second-order valence-corrected chi connectivity index (χ2v) is 5.46. The van der Waals surface area contributed by atoms with Crippen molar-refractivity contribution in [3.05, 3.63) is 30.3 Å². The molecule has 0 saturated carbocycles. The highest BCUT2D eigenvalue weighted by Crippen LogP contribution is 2.11. The van der Waals surface area contributed by atoms with E-state index in [9.17, 15) is 4.79 Å². The third kappa shape index (κ3) is 4.72. The molecule has 1 saturated heterocycles. The summed E-state index contributed by atoms with van der Waals surface area (Å²) < 4.78 is 5.25. The number of methoxy groups -OCH3 is 1. The smallest absolute Gasteiger partial charge is 0.237 e. The molecule has 5 nitrogen and oxygen atoms in total. The first kappa shape index (κ1) is 15.8. The Kier molecular flexibility index (Phi) is 6.02. The minimum Gasteiger partial charge on any atom is -0.380 e. The molecule has 116 valence electrons. The van der Waals surface area contributed by atoms with Crippen LogP contribution in [0.15, 0.2) is 30.3 Å². The summed E-state index contributed by atoms with van der Waals surface area (Å²) in [6.07, 6.45) is 1.84. The van der Waals surface area contributed by atoms with Gasteiger partial charge in [0.1, 0.15) is 0 Å². The number of carbonyl (C=O) groups excluding carboxylic acids is 1. The monoisotopic (exact) mass is 291 g/mol. The molecule has 2 atom stereocenters. The van der Waals surface area contributed by atoms with Crippen LogP contribution in [-0.4, -0.2) is 51.8 Å². The first-order valence-corrected chi connectivity index (χ1v) is 7.51. The molecular formula is C16H25N3O2. The molecule has 0 spiro atoms. The van der Waals surface area contributed by atoms with Gasteiger partial charge in [-0.25, -0.2) is 0 Å². The zero-order valence-corrected chi connectivity index (χ0v) is 12.8. The number of nitrogens with zero attached hydrogens (tertiary/aromatic N) is 1. The highest BCUT2D eigenvalue weighted by atomic mass is 16.5. The van der Waals surface area contributed by atoms with Gasteiger partial charge in [0.05, 0.1) is 12.1 Å². The van der Waals surface area contributed by atoms with E-state index in [4.69, 9.17) is 4.74 Å². The van der Waals surface area contributed by atoms with Gasteiger partial charge in [0.2, 0.25) is 5.91 Å². The molecule has 0 aliphatic carbocycles. The fourth-order valence-electron chi connectivity index (χ4n) is 2.55. The van der Waals surface area contributed by atoms with Gasteiger partial charge in [0.15, 0.2) is 0 Å². The molecule has 1 aliphatic heterocycles. The molecule has 0 bridgehead atoms. The van der Waals surface area contributed by atoms with Crippen molar-refractivity contribution in [2.24, 2.45) is 0 Å². The zero-order chi connectivity index (χ0) is 15.1. The van der Waals surface area contributed by atoms with Crippen molar-refractivity contribution in [3.63, 3.8) is 0 Å². The Balaban J connectivity index is 1.62. The van der Waals surface area contributed by atoms with Gasteiger partial charge in [0.25, 0.3) is 0 Å². The maximum atomic E-state index is 12.0. The average Bonchev–Trinajstić information content (AvgIpc) is 3.01. The van der Waals surface area contributed by atoms with Crippen molar-refractivity contribution in [3.8, 4) is 0 Å². The summed E-state index contributed by atoms with van der Waals surface area (Å²) in [6.45, 7) is 2.38. The second-order valence-electron chi connectivity index (χ2n) is 5.46. The van der Waals surface area contributed by atoms with Gasteiger partial charge in [0, 0.05) is 39.5 Å². The van der Waals surface area contributed by atoms with Crippen LogP contribution in [0.2, 0.25) is 0 Å². The predicted molar refractivity (Wildman–Crippen MR) is 84.5 cm³/mol. The number of para-hydroxylation sites is 1. The van der Waals surface area contributed by atoms with Crippen LogP contribution in [0.4, 0.5) is 5.69 Å². The topological polar surface area (TPSA) is 53.6 Å². The highest BCUT2D eigenvalue weighted by Gasteiger charge is 2.28. The van der Waals surface area contributed by atoms with Crippen molar-refractivity contribution >= 4 is 11.6 Å². The first-order valence-electron chi connectivity index (χ1n) is 7.51. The molecule has 1 fully saturated rings. The minimum absolute atomic E-state index is 0.0805. The van der Waals surface area contributed by atoms with E-state index in [0.717, 1.165) is 25.9 Å². The Labute approximate surface area is 126 Å². The number of carbonyl (C=O) groups is 1. The molecule has 21 heavy (non-hydrogen) atoms. The van der Waals surface area contributed by atoms with Crippen LogP contribution in [0.1, 0.15) is 12.8 Å². The lowest BCUT2D eigenvalue weighted by molar-refractivity contribution is -0.122. The molecule has 2 rings (SSSR count). The molecule has 0 radical (unpaired) electrons. The average molecular weight is 291 g/mol. The Morgan fingerprint density at radius 3 is 2.86 bits per heavy atom. The van der Waals surface area contributed by atoms with Gasteiger partial charge in [-0.05, 0) is 25.0 Å². The third-order valence-electron chi connectivity index (χ3n) is 3.91. The van der Waals surface area contributed by atoms with Crippen LogP contribution >= 0.6 is 0 Å². The number of nitrogens with one attached hydrogen (secondary N) is 2. The summed E-state index contributed by atoms with van der Waals surface area (Å²) in [5.74, 6) is 0.0805. The standard InChI is InChI=1S/C16H25N3O2/c1-19(13-7-4-3-5-8-13)10-6-9-17-16(20)15-11-14(21-2)12-18-15/h3-5,7-8,14-15,18H,6,9-12H2,1-2H3,(H,17,20). The molecule has 2 unspecified atom stereocenters. The lowest BCUT2D eigenvalue weighted by atomic mass is 10.2. The summed E-state index contributed by atoms with van der Waals surface area (Å²) in [7, 11) is 3.75. The fraction of sp³-hybridized carbons (Fsp3) is 0.562. The zero-order valence-electron chi connectivity index (χ0n) is 12.8. The van der Waals surface area contributed by atoms with E-state index >= 15 is 0 Å². The van der Waals surface area contributed by atoms with Gasteiger partial charge < -0.3 is 20.3 Å². The Hall–Kier alpha value is -1.59. The highest BCUT2D eigenvalue weighted by molar-refractivity contribution is 5.82. The summed E-state index contributed by atoms with van der Waals surface area (Å²) in [4.78, 5) is 14.2. The summed E-state index contributed by atoms with van der Waals surface area (Å²) in [6, 6.07) is 10.1. The Morgan fingerprint density at radius 1 is 1.43 bits per heavy atom. The van der Waals surface area contributed by atoms with Gasteiger partial charge in [-0.15, -0.1) is 0 Å².